The molecule has 2 heterocycles. The minimum Gasteiger partial charge on any atom is -0.493 e. The van der Waals surface area contributed by atoms with Gasteiger partial charge in [-0.1, -0.05) is 24.3 Å². The lowest BCUT2D eigenvalue weighted by Gasteiger charge is -2.10. The molecule has 4 aromatic rings. The van der Waals surface area contributed by atoms with Gasteiger partial charge in [-0.05, 0) is 66.5 Å². The number of aryl methyl sites for hydroxylation is 2. The van der Waals surface area contributed by atoms with Crippen molar-refractivity contribution in [1.29, 1.82) is 0 Å². The summed E-state index contributed by atoms with van der Waals surface area (Å²) in [4.78, 5) is 16.8. The van der Waals surface area contributed by atoms with Crippen LogP contribution in [0.15, 0.2) is 52.9 Å². The standard InChI is InChI=1S/C25H23NO4S/c1-15-21(26-25(30-15)23-13-18-4-2-3-5-22(18)31-23)10-11-29-19-8-9-20-16(12-19)6-7-17(20)14-24(27)28/h2-5,8-9,12-13,17H,6-7,10-11,14H2,1H3,(H,27,28). The molecule has 0 radical (unpaired) electrons. The van der Waals surface area contributed by atoms with Gasteiger partial charge in [0.2, 0.25) is 5.89 Å². The molecule has 2 aromatic heterocycles. The Hall–Kier alpha value is -3.12. The Morgan fingerprint density at radius 1 is 1.26 bits per heavy atom. The van der Waals surface area contributed by atoms with Gasteiger partial charge in [-0.25, -0.2) is 4.98 Å². The van der Waals surface area contributed by atoms with Gasteiger partial charge in [0.15, 0.2) is 0 Å². The minimum absolute atomic E-state index is 0.117. The first-order chi connectivity index (χ1) is 15.1. The van der Waals surface area contributed by atoms with Gasteiger partial charge in [0.25, 0.3) is 0 Å². The van der Waals surface area contributed by atoms with Gasteiger partial charge >= 0.3 is 5.97 Å². The van der Waals surface area contributed by atoms with Crippen molar-refractivity contribution in [1.82, 2.24) is 4.98 Å². The highest BCUT2D eigenvalue weighted by Crippen LogP contribution is 2.37. The van der Waals surface area contributed by atoms with Crippen molar-refractivity contribution < 1.29 is 19.1 Å². The third kappa shape index (κ3) is 4.08. The summed E-state index contributed by atoms with van der Waals surface area (Å²) in [6.45, 7) is 2.45. The van der Waals surface area contributed by atoms with Gasteiger partial charge in [-0.3, -0.25) is 4.79 Å². The predicted molar refractivity (Wildman–Crippen MR) is 121 cm³/mol. The number of carboxylic acids is 1. The average molecular weight is 434 g/mol. The number of carbonyl (C=O) groups is 1. The lowest BCUT2D eigenvalue weighted by Crippen LogP contribution is -2.04. The molecule has 0 amide bonds. The van der Waals surface area contributed by atoms with E-state index in [0.29, 0.717) is 18.9 Å². The highest BCUT2D eigenvalue weighted by molar-refractivity contribution is 7.22. The quantitative estimate of drug-likeness (QED) is 0.387. The highest BCUT2D eigenvalue weighted by Gasteiger charge is 2.25. The number of thiophene rings is 1. The van der Waals surface area contributed by atoms with Crippen LogP contribution < -0.4 is 4.74 Å². The molecule has 1 unspecified atom stereocenters. The van der Waals surface area contributed by atoms with Crippen molar-refractivity contribution in [2.45, 2.75) is 38.5 Å². The van der Waals surface area contributed by atoms with E-state index < -0.39 is 5.97 Å². The first kappa shape index (κ1) is 19.8. The number of oxazole rings is 1. The van der Waals surface area contributed by atoms with Crippen LogP contribution in [0.5, 0.6) is 5.75 Å². The maximum absolute atomic E-state index is 11.0. The van der Waals surface area contributed by atoms with Crippen molar-refractivity contribution in [2.75, 3.05) is 6.61 Å². The van der Waals surface area contributed by atoms with Crippen LogP contribution in [0.4, 0.5) is 0 Å². The second-order valence-corrected chi connectivity index (χ2v) is 9.05. The van der Waals surface area contributed by atoms with Crippen LogP contribution in [0.3, 0.4) is 0 Å². The van der Waals surface area contributed by atoms with Crippen LogP contribution in [0.25, 0.3) is 20.9 Å². The third-order valence-electron chi connectivity index (χ3n) is 5.87. The molecule has 0 fully saturated rings. The molecule has 31 heavy (non-hydrogen) atoms. The second-order valence-electron chi connectivity index (χ2n) is 7.96. The molecule has 0 saturated heterocycles. The molecule has 0 spiro atoms. The van der Waals surface area contributed by atoms with Crippen LogP contribution in [0.1, 0.15) is 41.3 Å². The Bertz CT molecular complexity index is 1220. The molecule has 5 nitrogen and oxygen atoms in total. The maximum atomic E-state index is 11.0. The smallest absolute Gasteiger partial charge is 0.303 e. The van der Waals surface area contributed by atoms with Gasteiger partial charge in [-0.2, -0.15) is 0 Å². The molecule has 1 aliphatic rings. The largest absolute Gasteiger partial charge is 0.493 e. The molecule has 0 bridgehead atoms. The highest BCUT2D eigenvalue weighted by atomic mass is 32.1. The molecule has 158 valence electrons. The summed E-state index contributed by atoms with van der Waals surface area (Å²) in [5.74, 6) is 1.68. The van der Waals surface area contributed by atoms with E-state index in [1.807, 2.05) is 31.2 Å². The average Bonchev–Trinajstić information content (AvgIpc) is 3.45. The van der Waals surface area contributed by atoms with Crippen LogP contribution in [0.2, 0.25) is 0 Å². The summed E-state index contributed by atoms with van der Waals surface area (Å²) in [6.07, 6.45) is 2.66. The predicted octanol–water partition coefficient (Wildman–Crippen LogP) is 5.99. The molecule has 5 rings (SSSR count). The molecule has 1 N–H and O–H groups in total. The fraction of sp³-hybridized carbons (Fsp3) is 0.280. The molecular weight excluding hydrogens is 410 g/mol. The van der Waals surface area contributed by atoms with Crippen LogP contribution in [-0.4, -0.2) is 22.7 Å². The van der Waals surface area contributed by atoms with Crippen LogP contribution in [0, 0.1) is 6.92 Å². The number of rotatable bonds is 7. The third-order valence-corrected chi connectivity index (χ3v) is 6.98. The Balaban J connectivity index is 1.24. The van der Waals surface area contributed by atoms with E-state index in [-0.39, 0.29) is 12.3 Å². The summed E-state index contributed by atoms with van der Waals surface area (Å²) in [6, 6.07) is 16.4. The Kier molecular flexibility index (Phi) is 5.24. The molecule has 1 aliphatic carbocycles. The fourth-order valence-electron chi connectivity index (χ4n) is 4.31. The number of hydrogen-bond acceptors (Lipinski definition) is 5. The minimum atomic E-state index is -0.740. The van der Waals surface area contributed by atoms with E-state index in [9.17, 15) is 4.79 Å². The monoisotopic (exact) mass is 433 g/mol. The molecule has 2 aromatic carbocycles. The van der Waals surface area contributed by atoms with E-state index in [0.717, 1.165) is 40.5 Å². The molecule has 1 atom stereocenters. The zero-order valence-electron chi connectivity index (χ0n) is 17.3. The first-order valence-electron chi connectivity index (χ1n) is 10.5. The first-order valence-corrected chi connectivity index (χ1v) is 11.3. The Labute approximate surface area is 184 Å². The molecule has 6 heteroatoms. The maximum Gasteiger partial charge on any atom is 0.303 e. The van der Waals surface area contributed by atoms with Gasteiger partial charge in [0, 0.05) is 11.1 Å². The molecule has 0 aliphatic heterocycles. The molecular formula is C25H23NO4S. The second kappa shape index (κ2) is 8.19. The normalized spacial score (nSPS) is 15.3. The number of aromatic nitrogens is 1. The van der Waals surface area contributed by atoms with Crippen LogP contribution in [-0.2, 0) is 17.6 Å². The number of fused-ring (bicyclic) bond motifs is 2. The zero-order chi connectivity index (χ0) is 21.4. The summed E-state index contributed by atoms with van der Waals surface area (Å²) in [5, 5.41) is 10.3. The van der Waals surface area contributed by atoms with Gasteiger partial charge in [-0.15, -0.1) is 11.3 Å². The lowest BCUT2D eigenvalue weighted by molar-refractivity contribution is -0.137. The van der Waals surface area contributed by atoms with Crippen molar-refractivity contribution in [3.63, 3.8) is 0 Å². The SMILES string of the molecule is Cc1oc(-c2cc3ccccc3s2)nc1CCOc1ccc2c(c1)CCC2CC(=O)O. The summed E-state index contributed by atoms with van der Waals surface area (Å²) < 4.78 is 13.1. The lowest BCUT2D eigenvalue weighted by atomic mass is 9.98. The number of benzene rings is 2. The van der Waals surface area contributed by atoms with E-state index in [4.69, 9.17) is 19.2 Å². The fourth-order valence-corrected chi connectivity index (χ4v) is 5.30. The Morgan fingerprint density at radius 2 is 2.13 bits per heavy atom. The summed E-state index contributed by atoms with van der Waals surface area (Å²) in [7, 11) is 0. The van der Waals surface area contributed by atoms with Crippen molar-refractivity contribution in [3.8, 4) is 16.5 Å². The van der Waals surface area contributed by atoms with E-state index >= 15 is 0 Å². The molecule has 0 saturated carbocycles. The Morgan fingerprint density at radius 3 is 2.97 bits per heavy atom. The zero-order valence-corrected chi connectivity index (χ0v) is 18.1. The van der Waals surface area contributed by atoms with Gasteiger partial charge in [0.1, 0.15) is 11.5 Å². The number of ether oxygens (including phenoxy) is 1. The van der Waals surface area contributed by atoms with E-state index in [1.165, 1.54) is 15.6 Å². The summed E-state index contributed by atoms with van der Waals surface area (Å²) in [5.41, 5.74) is 3.26. The summed E-state index contributed by atoms with van der Waals surface area (Å²) >= 11 is 1.68. The number of hydrogen-bond donors (Lipinski definition) is 1. The number of nitrogens with zero attached hydrogens (tertiary/aromatic N) is 1. The van der Waals surface area contributed by atoms with Gasteiger partial charge in [0.05, 0.1) is 23.6 Å². The number of carboxylic acid groups (broad SMARTS) is 1. The van der Waals surface area contributed by atoms with Crippen molar-refractivity contribution in [2.24, 2.45) is 0 Å². The van der Waals surface area contributed by atoms with Gasteiger partial charge < -0.3 is 14.3 Å². The van der Waals surface area contributed by atoms with Crippen molar-refractivity contribution in [3.05, 3.63) is 71.1 Å². The van der Waals surface area contributed by atoms with E-state index in [2.05, 4.69) is 24.3 Å². The number of aliphatic carboxylic acids is 1. The van der Waals surface area contributed by atoms with Crippen LogP contribution >= 0.6 is 11.3 Å². The van der Waals surface area contributed by atoms with E-state index in [1.54, 1.807) is 11.3 Å². The van der Waals surface area contributed by atoms with Crippen molar-refractivity contribution >= 4 is 27.4 Å². The topological polar surface area (TPSA) is 72.6 Å².